The fourth-order valence-electron chi connectivity index (χ4n) is 1.77. The zero-order valence-electron chi connectivity index (χ0n) is 11.2. The predicted octanol–water partition coefficient (Wildman–Crippen LogP) is 3.39. The Labute approximate surface area is 124 Å². The van der Waals surface area contributed by atoms with Gasteiger partial charge in [-0.15, -0.1) is 0 Å². The van der Waals surface area contributed by atoms with Gasteiger partial charge in [0.05, 0.1) is 5.56 Å². The lowest BCUT2D eigenvalue weighted by Crippen LogP contribution is -2.28. The summed E-state index contributed by atoms with van der Waals surface area (Å²) in [6.45, 7) is 3.88. The minimum atomic E-state index is -0.390. The summed E-state index contributed by atoms with van der Waals surface area (Å²) in [6.07, 6.45) is 1.65. The second-order valence-electron chi connectivity index (χ2n) is 4.58. The molecule has 0 unspecified atom stereocenters. The fraction of sp³-hybridized carbons (Fsp3) is 0.200. The van der Waals surface area contributed by atoms with Gasteiger partial charge in [-0.2, -0.15) is 0 Å². The molecule has 0 spiro atoms. The summed E-state index contributed by atoms with van der Waals surface area (Å²) in [6, 6.07) is 9.43. The molecule has 0 saturated carbocycles. The Hall–Kier alpha value is -1.75. The number of benzene rings is 1. The number of nitrogens with zero attached hydrogens (tertiary/aromatic N) is 2. The van der Waals surface area contributed by atoms with Crippen LogP contribution in [0.1, 0.15) is 24.2 Å². The highest BCUT2D eigenvalue weighted by Gasteiger charge is 2.13. The third-order valence-electron chi connectivity index (χ3n) is 2.61. The van der Waals surface area contributed by atoms with Crippen LogP contribution in [0.2, 0.25) is 0 Å². The van der Waals surface area contributed by atoms with Gasteiger partial charge in [0, 0.05) is 16.7 Å². The van der Waals surface area contributed by atoms with Crippen molar-refractivity contribution < 1.29 is 9.18 Å². The molecule has 0 aliphatic carbocycles. The largest absolute Gasteiger partial charge is 0.268 e. The third kappa shape index (κ3) is 3.22. The minimum absolute atomic E-state index is 0.0770. The first-order valence-corrected chi connectivity index (χ1v) is 6.99. The Kier molecular flexibility index (Phi) is 4.49. The summed E-state index contributed by atoms with van der Waals surface area (Å²) < 4.78 is 15.0. The van der Waals surface area contributed by atoms with Crippen LogP contribution in [-0.4, -0.2) is 16.5 Å². The molecular formula is C15H14BrFN2O. The molecule has 0 aliphatic rings. The van der Waals surface area contributed by atoms with Crippen LogP contribution in [0.15, 0.2) is 52.1 Å². The van der Waals surface area contributed by atoms with Crippen LogP contribution in [0.4, 0.5) is 4.39 Å². The Morgan fingerprint density at radius 3 is 2.70 bits per heavy atom. The summed E-state index contributed by atoms with van der Waals surface area (Å²) in [5.41, 5.74) is 0.964. The first kappa shape index (κ1) is 14.7. The quantitative estimate of drug-likeness (QED) is 0.827. The van der Waals surface area contributed by atoms with Gasteiger partial charge in [0.25, 0.3) is 5.91 Å². The Bertz CT molecular complexity index is 707. The van der Waals surface area contributed by atoms with Crippen LogP contribution >= 0.6 is 15.9 Å². The van der Waals surface area contributed by atoms with Gasteiger partial charge in [-0.05, 0) is 60.1 Å². The van der Waals surface area contributed by atoms with Gasteiger partial charge in [-0.3, -0.25) is 14.4 Å². The number of hydrogen-bond donors (Lipinski definition) is 0. The standard InChI is InChI=1S/C15H14BrFN2O/c1-10(2)18-14-5-3-4-8-19(14)15(20)12-7-6-11(17)9-13(12)16/h3-10H,1-2H3. The van der Waals surface area contributed by atoms with E-state index < -0.39 is 5.82 Å². The van der Waals surface area contributed by atoms with Gasteiger partial charge < -0.3 is 0 Å². The highest BCUT2D eigenvalue weighted by molar-refractivity contribution is 9.10. The van der Waals surface area contributed by atoms with Crippen LogP contribution in [-0.2, 0) is 0 Å². The van der Waals surface area contributed by atoms with Crippen molar-refractivity contribution in [1.82, 2.24) is 4.57 Å². The molecule has 20 heavy (non-hydrogen) atoms. The van der Waals surface area contributed by atoms with Crippen LogP contribution in [0.3, 0.4) is 0 Å². The molecule has 2 aromatic rings. The first-order chi connectivity index (χ1) is 9.49. The zero-order chi connectivity index (χ0) is 14.7. The first-order valence-electron chi connectivity index (χ1n) is 6.20. The molecule has 0 fully saturated rings. The number of aromatic nitrogens is 1. The normalized spacial score (nSPS) is 11.9. The summed E-state index contributed by atoms with van der Waals surface area (Å²) in [5.74, 6) is -0.643. The summed E-state index contributed by atoms with van der Waals surface area (Å²) in [4.78, 5) is 16.9. The van der Waals surface area contributed by atoms with E-state index in [0.29, 0.717) is 15.5 Å². The lowest BCUT2D eigenvalue weighted by atomic mass is 10.2. The number of carbonyl (C=O) groups excluding carboxylic acids is 1. The van der Waals surface area contributed by atoms with Crippen molar-refractivity contribution in [2.45, 2.75) is 19.9 Å². The fourth-order valence-corrected chi connectivity index (χ4v) is 2.29. The second kappa shape index (κ2) is 6.13. The molecule has 0 saturated heterocycles. The van der Waals surface area contributed by atoms with Gasteiger partial charge >= 0.3 is 0 Å². The molecule has 1 aromatic carbocycles. The van der Waals surface area contributed by atoms with Gasteiger partial charge in [-0.25, -0.2) is 4.39 Å². The van der Waals surface area contributed by atoms with E-state index in [2.05, 4.69) is 20.9 Å². The van der Waals surface area contributed by atoms with E-state index in [1.165, 1.54) is 22.8 Å². The predicted molar refractivity (Wildman–Crippen MR) is 79.0 cm³/mol. The smallest absolute Gasteiger partial charge is 0.264 e. The summed E-state index contributed by atoms with van der Waals surface area (Å²) in [7, 11) is 0. The van der Waals surface area contributed by atoms with E-state index in [1.54, 1.807) is 18.3 Å². The molecule has 0 aliphatic heterocycles. The molecular weight excluding hydrogens is 323 g/mol. The third-order valence-corrected chi connectivity index (χ3v) is 3.27. The van der Waals surface area contributed by atoms with Crippen molar-refractivity contribution in [3.05, 3.63) is 63.9 Å². The van der Waals surface area contributed by atoms with Crippen LogP contribution in [0.25, 0.3) is 0 Å². The van der Waals surface area contributed by atoms with E-state index in [-0.39, 0.29) is 11.9 Å². The highest BCUT2D eigenvalue weighted by Crippen LogP contribution is 2.18. The van der Waals surface area contributed by atoms with Gasteiger partial charge in [0.2, 0.25) is 0 Å². The van der Waals surface area contributed by atoms with Crippen LogP contribution in [0.5, 0.6) is 0 Å². The average molecular weight is 337 g/mol. The molecule has 0 N–H and O–H groups in total. The van der Waals surface area contributed by atoms with Crippen molar-refractivity contribution in [3.63, 3.8) is 0 Å². The van der Waals surface area contributed by atoms with E-state index >= 15 is 0 Å². The number of hydrogen-bond acceptors (Lipinski definition) is 2. The minimum Gasteiger partial charge on any atom is -0.268 e. The maximum Gasteiger partial charge on any atom is 0.264 e. The van der Waals surface area contributed by atoms with E-state index in [4.69, 9.17) is 0 Å². The van der Waals surface area contributed by atoms with Crippen LogP contribution in [0, 0.1) is 5.82 Å². The highest BCUT2D eigenvalue weighted by atomic mass is 79.9. The molecule has 3 nitrogen and oxygen atoms in total. The Morgan fingerprint density at radius 2 is 2.05 bits per heavy atom. The maximum atomic E-state index is 13.1. The molecule has 2 rings (SSSR count). The van der Waals surface area contributed by atoms with Gasteiger partial charge in [0.1, 0.15) is 11.3 Å². The zero-order valence-corrected chi connectivity index (χ0v) is 12.8. The van der Waals surface area contributed by atoms with E-state index in [0.717, 1.165) is 0 Å². The molecule has 104 valence electrons. The number of pyridine rings is 1. The number of halogens is 2. The lowest BCUT2D eigenvalue weighted by Gasteiger charge is -2.08. The average Bonchev–Trinajstić information content (AvgIpc) is 2.38. The van der Waals surface area contributed by atoms with Crippen molar-refractivity contribution >= 4 is 21.8 Å². The molecule has 0 amide bonds. The van der Waals surface area contributed by atoms with Crippen LogP contribution < -0.4 is 5.49 Å². The van der Waals surface area contributed by atoms with Crippen molar-refractivity contribution in [3.8, 4) is 0 Å². The van der Waals surface area contributed by atoms with Crippen molar-refractivity contribution in [2.24, 2.45) is 4.99 Å². The van der Waals surface area contributed by atoms with E-state index in [1.807, 2.05) is 19.9 Å². The number of rotatable bonds is 2. The maximum absolute atomic E-state index is 13.1. The van der Waals surface area contributed by atoms with Gasteiger partial charge in [0.15, 0.2) is 0 Å². The Morgan fingerprint density at radius 1 is 1.30 bits per heavy atom. The van der Waals surface area contributed by atoms with Gasteiger partial charge in [-0.1, -0.05) is 6.07 Å². The van der Waals surface area contributed by atoms with Crippen molar-refractivity contribution in [1.29, 1.82) is 0 Å². The molecule has 0 radical (unpaired) electrons. The van der Waals surface area contributed by atoms with E-state index in [9.17, 15) is 9.18 Å². The molecule has 0 atom stereocenters. The molecule has 0 bridgehead atoms. The summed E-state index contributed by atoms with van der Waals surface area (Å²) >= 11 is 3.22. The lowest BCUT2D eigenvalue weighted by molar-refractivity contribution is 0.0954. The van der Waals surface area contributed by atoms with Crippen molar-refractivity contribution in [2.75, 3.05) is 0 Å². The SMILES string of the molecule is CC(C)N=c1ccccn1C(=O)c1ccc(F)cc1Br. The molecule has 1 aromatic heterocycles. The molecule has 5 heteroatoms. The molecule has 1 heterocycles. The monoisotopic (exact) mass is 336 g/mol. The Balaban J connectivity index is 2.54. The topological polar surface area (TPSA) is 34.4 Å². The summed E-state index contributed by atoms with van der Waals surface area (Å²) in [5, 5.41) is 0. The number of carbonyl (C=O) groups is 1. The second-order valence-corrected chi connectivity index (χ2v) is 5.44.